The Balaban J connectivity index is 1.55. The van der Waals surface area contributed by atoms with E-state index >= 15 is 0 Å². The second kappa shape index (κ2) is 9.03. The van der Waals surface area contributed by atoms with Crippen molar-refractivity contribution in [3.05, 3.63) is 29.3 Å². The molecule has 2 aromatic rings. The number of carbonyl (C=O) groups is 2. The largest absolute Gasteiger partial charge is 0.461 e. The van der Waals surface area contributed by atoms with Gasteiger partial charge in [0, 0.05) is 0 Å². The summed E-state index contributed by atoms with van der Waals surface area (Å²) in [6, 6.07) is 7.68. The number of nitrogens with zero attached hydrogens (tertiary/aromatic N) is 1. The van der Waals surface area contributed by atoms with Crippen molar-refractivity contribution in [2.75, 3.05) is 0 Å². The van der Waals surface area contributed by atoms with Crippen LogP contribution in [0, 0.1) is 0 Å². The highest BCUT2D eigenvalue weighted by atomic mass is 32.1. The second-order valence-electron chi connectivity index (χ2n) is 7.85. The third-order valence-electron chi connectivity index (χ3n) is 5.70. The fourth-order valence-corrected chi connectivity index (χ4v) is 5.19. The number of esters is 2. The molecule has 2 aliphatic carbocycles. The Labute approximate surface area is 169 Å². The van der Waals surface area contributed by atoms with E-state index < -0.39 is 17.9 Å². The molecule has 150 valence electrons. The first-order valence-electron chi connectivity index (χ1n) is 10.5. The molecule has 2 aliphatic rings. The highest BCUT2D eigenvalue weighted by molar-refractivity contribution is 7.18. The first kappa shape index (κ1) is 19.4. The van der Waals surface area contributed by atoms with Crippen molar-refractivity contribution in [3.63, 3.8) is 0 Å². The van der Waals surface area contributed by atoms with Crippen LogP contribution in [0.2, 0.25) is 0 Å². The SMILES string of the molecule is O=C(OC1CCCCC1)C(C(=O)OC1CCCCC1)c1nc2ccccc2s1. The van der Waals surface area contributed by atoms with E-state index in [1.807, 2.05) is 24.3 Å². The van der Waals surface area contributed by atoms with Gasteiger partial charge in [0.05, 0.1) is 10.2 Å². The van der Waals surface area contributed by atoms with Gasteiger partial charge in [-0.3, -0.25) is 9.59 Å². The van der Waals surface area contributed by atoms with Crippen LogP contribution in [-0.2, 0) is 19.1 Å². The van der Waals surface area contributed by atoms with Crippen LogP contribution in [0.15, 0.2) is 24.3 Å². The number of benzene rings is 1. The molecule has 1 heterocycles. The topological polar surface area (TPSA) is 65.5 Å². The molecule has 4 rings (SSSR count). The maximum absolute atomic E-state index is 13.0. The molecule has 2 fully saturated rings. The van der Waals surface area contributed by atoms with Crippen LogP contribution < -0.4 is 0 Å². The number of rotatable bonds is 5. The molecule has 0 N–H and O–H groups in total. The van der Waals surface area contributed by atoms with Crippen LogP contribution in [0.4, 0.5) is 0 Å². The van der Waals surface area contributed by atoms with E-state index in [1.165, 1.54) is 24.2 Å². The van der Waals surface area contributed by atoms with Gasteiger partial charge in [0.15, 0.2) is 0 Å². The number of para-hydroxylation sites is 1. The summed E-state index contributed by atoms with van der Waals surface area (Å²) in [7, 11) is 0. The minimum atomic E-state index is -1.08. The molecule has 1 aromatic heterocycles. The number of aromatic nitrogens is 1. The van der Waals surface area contributed by atoms with Crippen molar-refractivity contribution in [1.82, 2.24) is 4.98 Å². The molecule has 0 bridgehead atoms. The van der Waals surface area contributed by atoms with E-state index in [1.54, 1.807) is 0 Å². The molecule has 0 spiro atoms. The van der Waals surface area contributed by atoms with Crippen molar-refractivity contribution in [2.24, 2.45) is 0 Å². The molecule has 0 saturated heterocycles. The van der Waals surface area contributed by atoms with Crippen molar-refractivity contribution in [1.29, 1.82) is 0 Å². The van der Waals surface area contributed by atoms with Crippen LogP contribution in [0.3, 0.4) is 0 Å². The Morgan fingerprint density at radius 2 is 1.39 bits per heavy atom. The summed E-state index contributed by atoms with van der Waals surface area (Å²) in [5.41, 5.74) is 0.795. The Hall–Kier alpha value is -1.95. The van der Waals surface area contributed by atoms with E-state index in [0.717, 1.165) is 61.6 Å². The van der Waals surface area contributed by atoms with E-state index in [0.29, 0.717) is 5.01 Å². The first-order valence-corrected chi connectivity index (χ1v) is 11.3. The Bertz CT molecular complexity index is 756. The minimum absolute atomic E-state index is 0.0967. The lowest BCUT2D eigenvalue weighted by atomic mass is 9.97. The highest BCUT2D eigenvalue weighted by Crippen LogP contribution is 2.32. The molecular weight excluding hydrogens is 374 g/mol. The fourth-order valence-electron chi connectivity index (χ4n) is 4.14. The van der Waals surface area contributed by atoms with Crippen LogP contribution in [0.5, 0.6) is 0 Å². The van der Waals surface area contributed by atoms with Crippen molar-refractivity contribution in [3.8, 4) is 0 Å². The molecular formula is C22H27NO4S. The quantitative estimate of drug-likeness (QED) is 0.513. The van der Waals surface area contributed by atoms with Crippen LogP contribution >= 0.6 is 11.3 Å². The molecule has 28 heavy (non-hydrogen) atoms. The third-order valence-corrected chi connectivity index (χ3v) is 6.80. The Morgan fingerprint density at radius 1 is 0.857 bits per heavy atom. The average molecular weight is 402 g/mol. The number of carbonyl (C=O) groups excluding carboxylic acids is 2. The zero-order valence-electron chi connectivity index (χ0n) is 16.1. The van der Waals surface area contributed by atoms with Gasteiger partial charge in [-0.1, -0.05) is 25.0 Å². The molecule has 0 unspecified atom stereocenters. The molecule has 6 heteroatoms. The smallest absolute Gasteiger partial charge is 0.327 e. The average Bonchev–Trinajstić information content (AvgIpc) is 3.13. The fraction of sp³-hybridized carbons (Fsp3) is 0.591. The zero-order chi connectivity index (χ0) is 19.3. The number of thiazole rings is 1. The lowest BCUT2D eigenvalue weighted by Crippen LogP contribution is -2.32. The van der Waals surface area contributed by atoms with Gasteiger partial charge in [-0.2, -0.15) is 0 Å². The Kier molecular flexibility index (Phi) is 6.25. The number of hydrogen-bond donors (Lipinski definition) is 0. The molecule has 5 nitrogen and oxygen atoms in total. The summed E-state index contributed by atoms with van der Waals surface area (Å²) in [4.78, 5) is 30.6. The Morgan fingerprint density at radius 3 is 1.93 bits per heavy atom. The van der Waals surface area contributed by atoms with E-state index in [4.69, 9.17) is 9.47 Å². The predicted octanol–water partition coefficient (Wildman–Crippen LogP) is 5.13. The lowest BCUT2D eigenvalue weighted by Gasteiger charge is -2.26. The van der Waals surface area contributed by atoms with Gasteiger partial charge in [-0.05, 0) is 63.5 Å². The van der Waals surface area contributed by atoms with Gasteiger partial charge < -0.3 is 9.47 Å². The van der Waals surface area contributed by atoms with Gasteiger partial charge in [0.25, 0.3) is 0 Å². The van der Waals surface area contributed by atoms with Gasteiger partial charge >= 0.3 is 11.9 Å². The number of hydrogen-bond acceptors (Lipinski definition) is 6. The van der Waals surface area contributed by atoms with E-state index in [9.17, 15) is 9.59 Å². The summed E-state index contributed by atoms with van der Waals surface area (Å²) in [5.74, 6) is -2.10. The van der Waals surface area contributed by atoms with Crippen LogP contribution in [0.25, 0.3) is 10.2 Å². The van der Waals surface area contributed by atoms with Gasteiger partial charge in [-0.25, -0.2) is 4.98 Å². The summed E-state index contributed by atoms with van der Waals surface area (Å²) >= 11 is 1.37. The maximum Gasteiger partial charge on any atom is 0.327 e. The van der Waals surface area contributed by atoms with Crippen LogP contribution in [-0.4, -0.2) is 29.1 Å². The standard InChI is InChI=1S/C22H27NO4S/c24-21(26-15-9-3-1-4-10-15)19(22(25)27-16-11-5-2-6-12-16)20-23-17-13-7-8-14-18(17)28-20/h7-8,13-16,19H,1-6,9-12H2. The van der Waals surface area contributed by atoms with E-state index in [2.05, 4.69) is 4.98 Å². The van der Waals surface area contributed by atoms with Gasteiger partial charge in [-0.15, -0.1) is 11.3 Å². The summed E-state index contributed by atoms with van der Waals surface area (Å²) in [5, 5.41) is 0.475. The van der Waals surface area contributed by atoms with Gasteiger partial charge in [0.2, 0.25) is 5.92 Å². The lowest BCUT2D eigenvalue weighted by molar-refractivity contribution is -0.165. The molecule has 2 saturated carbocycles. The van der Waals surface area contributed by atoms with E-state index in [-0.39, 0.29) is 12.2 Å². The summed E-state index contributed by atoms with van der Waals surface area (Å²) in [6.07, 6.45) is 9.91. The highest BCUT2D eigenvalue weighted by Gasteiger charge is 2.37. The van der Waals surface area contributed by atoms with Crippen molar-refractivity contribution >= 4 is 33.5 Å². The first-order chi connectivity index (χ1) is 13.7. The molecule has 0 atom stereocenters. The number of ether oxygens (including phenoxy) is 2. The zero-order valence-corrected chi connectivity index (χ0v) is 16.9. The summed E-state index contributed by atoms with van der Waals surface area (Å²) < 4.78 is 12.4. The molecule has 1 aromatic carbocycles. The summed E-state index contributed by atoms with van der Waals surface area (Å²) in [6.45, 7) is 0. The normalized spacial score (nSPS) is 19.0. The maximum atomic E-state index is 13.0. The second-order valence-corrected chi connectivity index (χ2v) is 8.91. The molecule has 0 amide bonds. The molecule has 0 aliphatic heterocycles. The number of fused-ring (bicyclic) bond motifs is 1. The van der Waals surface area contributed by atoms with Crippen molar-refractivity contribution < 1.29 is 19.1 Å². The monoisotopic (exact) mass is 401 g/mol. The van der Waals surface area contributed by atoms with Gasteiger partial charge in [0.1, 0.15) is 17.2 Å². The van der Waals surface area contributed by atoms with Crippen molar-refractivity contribution in [2.45, 2.75) is 82.3 Å². The predicted molar refractivity (Wildman–Crippen MR) is 108 cm³/mol. The van der Waals surface area contributed by atoms with Crippen LogP contribution in [0.1, 0.15) is 75.1 Å². The minimum Gasteiger partial charge on any atom is -0.461 e. The molecule has 0 radical (unpaired) electrons. The third kappa shape index (κ3) is 4.54.